The van der Waals surface area contributed by atoms with Crippen molar-refractivity contribution in [2.75, 3.05) is 7.05 Å². The number of aromatic nitrogens is 3. The molecule has 0 aliphatic heterocycles. The Bertz CT molecular complexity index is 1940. The second-order valence-electron chi connectivity index (χ2n) is 9.71. The van der Waals surface area contributed by atoms with E-state index in [1.807, 2.05) is 0 Å². The number of pyridine rings is 1. The molecular formula is C27H27FN4O6S. The molecular weight excluding hydrogens is 527 g/mol. The smallest absolute Gasteiger partial charge is 0.337 e. The molecule has 204 valence electrons. The molecule has 2 aromatic carbocycles. The van der Waals surface area contributed by atoms with E-state index in [2.05, 4.69) is 4.72 Å². The van der Waals surface area contributed by atoms with Crippen molar-refractivity contribution in [3.63, 3.8) is 0 Å². The molecule has 0 amide bonds. The third kappa shape index (κ3) is 4.70. The lowest BCUT2D eigenvalue weighted by atomic mass is 10.1. The van der Waals surface area contributed by atoms with Gasteiger partial charge >= 0.3 is 5.69 Å². The zero-order chi connectivity index (χ0) is 28.2. The van der Waals surface area contributed by atoms with Gasteiger partial charge in [0.1, 0.15) is 22.6 Å². The highest BCUT2D eigenvalue weighted by Crippen LogP contribution is 2.35. The molecule has 1 saturated carbocycles. The van der Waals surface area contributed by atoms with Gasteiger partial charge in [0.25, 0.3) is 11.1 Å². The molecule has 10 nitrogen and oxygen atoms in total. The first-order valence-corrected chi connectivity index (χ1v) is 13.9. The molecule has 2 heterocycles. The van der Waals surface area contributed by atoms with Crippen molar-refractivity contribution < 1.29 is 17.5 Å². The van der Waals surface area contributed by atoms with E-state index in [9.17, 15) is 22.8 Å². The lowest BCUT2D eigenvalue weighted by Crippen LogP contribution is -2.41. The van der Waals surface area contributed by atoms with Crippen molar-refractivity contribution in [3.8, 4) is 17.2 Å². The molecule has 12 heteroatoms. The van der Waals surface area contributed by atoms with E-state index in [-0.39, 0.29) is 45.6 Å². The van der Waals surface area contributed by atoms with Gasteiger partial charge in [-0.05, 0) is 69.1 Å². The van der Waals surface area contributed by atoms with Gasteiger partial charge in [-0.15, -0.1) is 0 Å². The van der Waals surface area contributed by atoms with Crippen LogP contribution in [0.1, 0.15) is 35.6 Å². The fourth-order valence-corrected chi connectivity index (χ4v) is 5.43. The van der Waals surface area contributed by atoms with Crippen LogP contribution in [0.4, 0.5) is 4.39 Å². The Labute approximate surface area is 223 Å². The monoisotopic (exact) mass is 554 g/mol. The number of nitrogens with zero attached hydrogens (tertiary/aromatic N) is 3. The summed E-state index contributed by atoms with van der Waals surface area (Å²) in [4.78, 5) is 40.9. The minimum absolute atomic E-state index is 0.0608. The Morgan fingerprint density at radius 1 is 1.05 bits per heavy atom. The zero-order valence-electron chi connectivity index (χ0n) is 21.8. The maximum Gasteiger partial charge on any atom is 0.337 e. The van der Waals surface area contributed by atoms with Crippen LogP contribution in [0, 0.1) is 19.7 Å². The molecule has 2 aromatic heterocycles. The number of fused-ring (bicyclic) bond motifs is 1. The first kappa shape index (κ1) is 26.6. The van der Waals surface area contributed by atoms with Crippen LogP contribution in [0.25, 0.3) is 16.7 Å². The maximum absolute atomic E-state index is 15.2. The molecule has 0 spiro atoms. The average molecular weight is 555 g/mol. The summed E-state index contributed by atoms with van der Waals surface area (Å²) in [5.41, 5.74) is -0.994. The fourth-order valence-electron chi connectivity index (χ4n) is 4.66. The maximum atomic E-state index is 15.2. The van der Waals surface area contributed by atoms with Gasteiger partial charge in [-0.2, -0.15) is 0 Å². The molecule has 0 radical (unpaired) electrons. The predicted molar refractivity (Wildman–Crippen MR) is 145 cm³/mol. The molecule has 39 heavy (non-hydrogen) atoms. The summed E-state index contributed by atoms with van der Waals surface area (Å²) in [5.74, 6) is -0.888. The highest BCUT2D eigenvalue weighted by Gasteiger charge is 2.32. The highest BCUT2D eigenvalue weighted by atomic mass is 32.2. The van der Waals surface area contributed by atoms with Crippen molar-refractivity contribution in [2.45, 2.75) is 38.5 Å². The first-order chi connectivity index (χ1) is 18.4. The summed E-state index contributed by atoms with van der Waals surface area (Å²) in [6.07, 6.45) is 1.22. The van der Waals surface area contributed by atoms with Crippen LogP contribution in [-0.4, -0.2) is 29.2 Å². The topological polar surface area (TPSA) is 121 Å². The van der Waals surface area contributed by atoms with Crippen molar-refractivity contribution >= 4 is 21.1 Å². The Morgan fingerprint density at radius 3 is 2.41 bits per heavy atom. The van der Waals surface area contributed by atoms with E-state index in [1.165, 1.54) is 39.2 Å². The van der Waals surface area contributed by atoms with E-state index >= 15 is 4.39 Å². The Hall–Kier alpha value is -4.03. The Balaban J connectivity index is 1.83. The SMILES string of the molecule is CNS(=O)(=O)Cc1cccc(Oc2c(C)c(=O)n(C)c3c2c(=O)n(C2CC2)c(=O)n3-c2ccc(C)cc2F)c1. The van der Waals surface area contributed by atoms with Gasteiger partial charge in [0.2, 0.25) is 10.0 Å². The second-order valence-corrected chi connectivity index (χ2v) is 11.6. The number of hydrogen-bond acceptors (Lipinski definition) is 6. The number of aryl methyl sites for hydroxylation is 2. The molecule has 0 atom stereocenters. The van der Waals surface area contributed by atoms with Gasteiger partial charge in [-0.1, -0.05) is 18.2 Å². The largest absolute Gasteiger partial charge is 0.456 e. The van der Waals surface area contributed by atoms with Crippen LogP contribution in [0.3, 0.4) is 0 Å². The molecule has 0 saturated heterocycles. The predicted octanol–water partition coefficient (Wildman–Crippen LogP) is 2.78. The van der Waals surface area contributed by atoms with E-state index < -0.39 is 32.6 Å². The van der Waals surface area contributed by atoms with E-state index in [0.717, 1.165) is 13.7 Å². The van der Waals surface area contributed by atoms with Gasteiger partial charge in [0.05, 0.1) is 17.0 Å². The van der Waals surface area contributed by atoms with Gasteiger partial charge in [0.15, 0.2) is 5.75 Å². The number of ether oxygens (including phenoxy) is 1. The van der Waals surface area contributed by atoms with Crippen LogP contribution < -0.4 is 26.3 Å². The quantitative estimate of drug-likeness (QED) is 0.375. The third-order valence-electron chi connectivity index (χ3n) is 6.82. The fraction of sp³-hybridized carbons (Fsp3) is 0.296. The van der Waals surface area contributed by atoms with E-state index in [1.54, 1.807) is 31.2 Å². The molecule has 1 fully saturated rings. The van der Waals surface area contributed by atoms with Crippen molar-refractivity contribution in [2.24, 2.45) is 7.05 Å². The van der Waals surface area contributed by atoms with Crippen molar-refractivity contribution in [1.29, 1.82) is 0 Å². The number of rotatable bonds is 7. The molecule has 0 bridgehead atoms. The molecule has 4 aromatic rings. The minimum Gasteiger partial charge on any atom is -0.456 e. The molecule has 1 aliphatic rings. The summed E-state index contributed by atoms with van der Waals surface area (Å²) in [7, 11) is -0.844. The molecule has 5 rings (SSSR count). The number of nitrogens with one attached hydrogen (secondary N) is 1. The summed E-state index contributed by atoms with van der Waals surface area (Å²) in [6, 6.07) is 10.2. The van der Waals surface area contributed by atoms with Gasteiger partial charge < -0.3 is 4.74 Å². The van der Waals surface area contributed by atoms with Crippen LogP contribution in [0.15, 0.2) is 56.8 Å². The first-order valence-electron chi connectivity index (χ1n) is 12.3. The summed E-state index contributed by atoms with van der Waals surface area (Å²) < 4.78 is 51.0. The van der Waals surface area contributed by atoms with E-state index in [0.29, 0.717) is 24.0 Å². The zero-order valence-corrected chi connectivity index (χ0v) is 22.6. The summed E-state index contributed by atoms with van der Waals surface area (Å²) in [5, 5.41) is -0.0608. The molecule has 1 N–H and O–H groups in total. The van der Waals surface area contributed by atoms with Gasteiger partial charge in [-0.25, -0.2) is 26.9 Å². The van der Waals surface area contributed by atoms with Crippen molar-refractivity contribution in [1.82, 2.24) is 18.4 Å². The standard InChI is InChI=1S/C27H27FN4O6S/c1-15-8-11-21(20(28)12-15)32-24-22(26(34)31(27(32)35)18-9-10-18)23(16(2)25(33)30(24)4)38-19-7-5-6-17(13-19)14-39(36,37)29-3/h5-8,11-13,18,29H,9-10,14H2,1-4H3. The van der Waals surface area contributed by atoms with Gasteiger partial charge in [0, 0.05) is 13.1 Å². The van der Waals surface area contributed by atoms with Crippen LogP contribution in [-0.2, 0) is 22.8 Å². The molecule has 1 aliphatic carbocycles. The van der Waals surface area contributed by atoms with Crippen molar-refractivity contribution in [3.05, 3.63) is 96.2 Å². The summed E-state index contributed by atoms with van der Waals surface area (Å²) in [6.45, 7) is 3.20. The lowest BCUT2D eigenvalue weighted by molar-refractivity contribution is 0.479. The Morgan fingerprint density at radius 2 is 1.77 bits per heavy atom. The Kier molecular flexibility index (Phi) is 6.55. The van der Waals surface area contributed by atoms with Crippen LogP contribution in [0.2, 0.25) is 0 Å². The number of benzene rings is 2. The second kappa shape index (κ2) is 9.62. The number of halogens is 1. The normalized spacial score (nSPS) is 13.7. The number of hydrogen-bond donors (Lipinski definition) is 1. The lowest BCUT2D eigenvalue weighted by Gasteiger charge is -2.20. The van der Waals surface area contributed by atoms with E-state index in [4.69, 9.17) is 4.74 Å². The van der Waals surface area contributed by atoms with Crippen LogP contribution in [0.5, 0.6) is 11.5 Å². The highest BCUT2D eigenvalue weighted by molar-refractivity contribution is 7.88. The van der Waals surface area contributed by atoms with Crippen LogP contribution >= 0.6 is 0 Å². The third-order valence-corrected chi connectivity index (χ3v) is 8.15. The minimum atomic E-state index is -3.57. The summed E-state index contributed by atoms with van der Waals surface area (Å²) >= 11 is 0. The molecule has 0 unspecified atom stereocenters. The average Bonchev–Trinajstić information content (AvgIpc) is 3.71. The number of sulfonamides is 1. The van der Waals surface area contributed by atoms with Gasteiger partial charge in [-0.3, -0.25) is 18.7 Å².